The second-order valence-corrected chi connectivity index (χ2v) is 7.63. The summed E-state index contributed by atoms with van der Waals surface area (Å²) in [5, 5.41) is 2.65. The van der Waals surface area contributed by atoms with Gasteiger partial charge in [-0.15, -0.1) is 0 Å². The van der Waals surface area contributed by atoms with Crippen LogP contribution < -0.4 is 10.2 Å². The van der Waals surface area contributed by atoms with Crippen molar-refractivity contribution in [2.24, 2.45) is 0 Å². The molecule has 1 aliphatic rings. The molecular weight excluding hydrogens is 398 g/mol. The highest BCUT2D eigenvalue weighted by Gasteiger charge is 2.32. The van der Waals surface area contributed by atoms with E-state index in [-0.39, 0.29) is 18.0 Å². The first-order chi connectivity index (χ1) is 14.2. The number of halogens is 4. The van der Waals surface area contributed by atoms with Gasteiger partial charge in [-0.25, -0.2) is 4.39 Å². The molecule has 0 spiro atoms. The zero-order valence-corrected chi connectivity index (χ0v) is 16.8. The Labute approximate surface area is 173 Å². The fraction of sp³-hybridized carbons (Fsp3) is 0.409. The van der Waals surface area contributed by atoms with E-state index in [0.29, 0.717) is 17.8 Å². The van der Waals surface area contributed by atoms with Crippen LogP contribution in [0.2, 0.25) is 0 Å². The molecule has 0 bridgehead atoms. The summed E-state index contributed by atoms with van der Waals surface area (Å²) in [4.78, 5) is 16.2. The number of anilines is 2. The van der Waals surface area contributed by atoms with E-state index in [1.165, 1.54) is 18.2 Å². The smallest absolute Gasteiger partial charge is 0.370 e. The highest BCUT2D eigenvalue weighted by atomic mass is 19.4. The first kappa shape index (κ1) is 22.1. The van der Waals surface area contributed by atoms with Gasteiger partial charge in [-0.2, -0.15) is 13.2 Å². The molecule has 0 aromatic heterocycles. The van der Waals surface area contributed by atoms with Gasteiger partial charge in [0.05, 0.1) is 23.5 Å². The first-order valence-corrected chi connectivity index (χ1v) is 9.91. The number of carbonyl (C=O) groups is 1. The van der Waals surface area contributed by atoms with Crippen LogP contribution in [-0.4, -0.2) is 37.5 Å². The molecule has 0 unspecified atom stereocenters. The molecule has 1 N–H and O–H groups in total. The van der Waals surface area contributed by atoms with E-state index in [9.17, 15) is 22.4 Å². The van der Waals surface area contributed by atoms with Crippen molar-refractivity contribution >= 4 is 17.3 Å². The van der Waals surface area contributed by atoms with Gasteiger partial charge in [-0.05, 0) is 62.2 Å². The minimum atomic E-state index is -4.49. The summed E-state index contributed by atoms with van der Waals surface area (Å²) in [7, 11) is 1.70. The number of hydrogen-bond acceptors (Lipinski definition) is 3. The second-order valence-electron chi connectivity index (χ2n) is 7.63. The van der Waals surface area contributed by atoms with Crippen molar-refractivity contribution in [3.05, 3.63) is 59.4 Å². The zero-order chi connectivity index (χ0) is 21.7. The molecule has 162 valence electrons. The van der Waals surface area contributed by atoms with E-state index >= 15 is 0 Å². The molecule has 0 atom stereocenters. The Kier molecular flexibility index (Phi) is 6.97. The Morgan fingerprint density at radius 2 is 1.83 bits per heavy atom. The van der Waals surface area contributed by atoms with Crippen LogP contribution in [0, 0.1) is 5.82 Å². The largest absolute Gasteiger partial charge is 0.416 e. The number of piperidine rings is 1. The van der Waals surface area contributed by atoms with Crippen molar-refractivity contribution in [3.8, 4) is 0 Å². The molecule has 1 amide bonds. The number of nitrogens with one attached hydrogen (secondary N) is 1. The third-order valence-corrected chi connectivity index (χ3v) is 5.05. The van der Waals surface area contributed by atoms with Crippen molar-refractivity contribution in [1.29, 1.82) is 0 Å². The molecule has 0 aliphatic carbocycles. The molecule has 8 heteroatoms. The van der Waals surface area contributed by atoms with E-state index < -0.39 is 17.6 Å². The van der Waals surface area contributed by atoms with Gasteiger partial charge < -0.3 is 10.2 Å². The highest BCUT2D eigenvalue weighted by Crippen LogP contribution is 2.36. The summed E-state index contributed by atoms with van der Waals surface area (Å²) in [6.45, 7) is 1.79. The Hall–Kier alpha value is -2.61. The van der Waals surface area contributed by atoms with E-state index in [2.05, 4.69) is 5.32 Å². The number of likely N-dealkylation sites (N-methyl/N-ethyl adjacent to an activating group) is 1. The highest BCUT2D eigenvalue weighted by molar-refractivity contribution is 5.95. The zero-order valence-electron chi connectivity index (χ0n) is 16.8. The Balaban J connectivity index is 1.73. The molecule has 2 aromatic carbocycles. The lowest BCUT2D eigenvalue weighted by atomic mass is 10.1. The number of benzene rings is 2. The van der Waals surface area contributed by atoms with Gasteiger partial charge in [0, 0.05) is 19.6 Å². The molecular formula is C22H25F4N3O. The maximum Gasteiger partial charge on any atom is 0.416 e. The van der Waals surface area contributed by atoms with Crippen molar-refractivity contribution < 1.29 is 22.4 Å². The van der Waals surface area contributed by atoms with E-state index in [0.717, 1.165) is 44.5 Å². The molecule has 1 saturated heterocycles. The lowest BCUT2D eigenvalue weighted by Gasteiger charge is -2.31. The Bertz CT molecular complexity index is 879. The molecule has 1 aliphatic heterocycles. The molecule has 30 heavy (non-hydrogen) atoms. The topological polar surface area (TPSA) is 35.6 Å². The number of carbonyl (C=O) groups excluding carboxylic acids is 1. The number of alkyl halides is 3. The van der Waals surface area contributed by atoms with Crippen LogP contribution in [0.25, 0.3) is 0 Å². The van der Waals surface area contributed by atoms with Gasteiger partial charge in [0.1, 0.15) is 5.82 Å². The van der Waals surface area contributed by atoms with Crippen LogP contribution in [0.5, 0.6) is 0 Å². The minimum absolute atomic E-state index is 0.0355. The lowest BCUT2D eigenvalue weighted by molar-refractivity contribution is -0.137. The van der Waals surface area contributed by atoms with Crippen molar-refractivity contribution in [2.75, 3.05) is 36.9 Å². The molecule has 0 radical (unpaired) electrons. The average Bonchev–Trinajstić information content (AvgIpc) is 2.67. The number of hydrogen-bond donors (Lipinski definition) is 1. The standard InChI is InChI=1S/C22H25F4N3O/c1-28(14-16-6-5-7-18(23)12-16)15-21(30)27-19-13-17(22(24,25)26)8-9-20(19)29-10-3-2-4-11-29/h5-9,12-13H,2-4,10-11,14-15H2,1H3,(H,27,30). The number of amides is 1. The molecule has 3 rings (SSSR count). The van der Waals surface area contributed by atoms with E-state index in [1.807, 2.05) is 4.90 Å². The Morgan fingerprint density at radius 3 is 2.50 bits per heavy atom. The predicted octanol–water partition coefficient (Wildman–Crippen LogP) is 4.91. The summed E-state index contributed by atoms with van der Waals surface area (Å²) < 4.78 is 52.9. The molecule has 0 saturated carbocycles. The molecule has 1 heterocycles. The Morgan fingerprint density at radius 1 is 1.10 bits per heavy atom. The molecule has 4 nitrogen and oxygen atoms in total. The lowest BCUT2D eigenvalue weighted by Crippen LogP contribution is -2.33. The van der Waals surface area contributed by atoms with Crippen molar-refractivity contribution in [1.82, 2.24) is 4.90 Å². The summed E-state index contributed by atoms with van der Waals surface area (Å²) in [6.07, 6.45) is -1.48. The predicted molar refractivity (Wildman–Crippen MR) is 109 cm³/mol. The fourth-order valence-electron chi connectivity index (χ4n) is 3.66. The van der Waals surface area contributed by atoms with Crippen LogP contribution in [0.1, 0.15) is 30.4 Å². The number of nitrogens with zero attached hydrogens (tertiary/aromatic N) is 2. The monoisotopic (exact) mass is 423 g/mol. The van der Waals surface area contributed by atoms with E-state index in [1.54, 1.807) is 24.1 Å². The van der Waals surface area contributed by atoms with Crippen LogP contribution in [0.4, 0.5) is 28.9 Å². The van der Waals surface area contributed by atoms with Gasteiger partial charge in [0.25, 0.3) is 0 Å². The SMILES string of the molecule is CN(CC(=O)Nc1cc(C(F)(F)F)ccc1N1CCCCC1)Cc1cccc(F)c1. The van der Waals surface area contributed by atoms with Gasteiger partial charge >= 0.3 is 6.18 Å². The van der Waals surface area contributed by atoms with Crippen LogP contribution in [0.15, 0.2) is 42.5 Å². The summed E-state index contributed by atoms with van der Waals surface area (Å²) >= 11 is 0. The van der Waals surface area contributed by atoms with E-state index in [4.69, 9.17) is 0 Å². The van der Waals surface area contributed by atoms with Gasteiger partial charge in [0.15, 0.2) is 0 Å². The molecule has 1 fully saturated rings. The summed E-state index contributed by atoms with van der Waals surface area (Å²) in [5.41, 5.74) is 0.671. The van der Waals surface area contributed by atoms with Gasteiger partial charge in [-0.1, -0.05) is 12.1 Å². The average molecular weight is 423 g/mol. The van der Waals surface area contributed by atoms with Crippen LogP contribution in [0.3, 0.4) is 0 Å². The third-order valence-electron chi connectivity index (χ3n) is 5.05. The minimum Gasteiger partial charge on any atom is -0.370 e. The first-order valence-electron chi connectivity index (χ1n) is 9.91. The molecule has 2 aromatic rings. The normalized spacial score (nSPS) is 14.8. The van der Waals surface area contributed by atoms with Crippen molar-refractivity contribution in [2.45, 2.75) is 32.0 Å². The fourth-order valence-corrected chi connectivity index (χ4v) is 3.66. The van der Waals surface area contributed by atoms with Crippen LogP contribution in [-0.2, 0) is 17.5 Å². The van der Waals surface area contributed by atoms with Crippen molar-refractivity contribution in [3.63, 3.8) is 0 Å². The van der Waals surface area contributed by atoms with Gasteiger partial charge in [0.2, 0.25) is 5.91 Å². The quantitative estimate of drug-likeness (QED) is 0.671. The maximum atomic E-state index is 13.3. The van der Waals surface area contributed by atoms with Crippen LogP contribution >= 0.6 is 0 Å². The summed E-state index contributed by atoms with van der Waals surface area (Å²) in [5.74, 6) is -0.785. The number of rotatable bonds is 6. The van der Waals surface area contributed by atoms with Gasteiger partial charge in [-0.3, -0.25) is 9.69 Å². The third kappa shape index (κ3) is 5.95. The second kappa shape index (κ2) is 9.47. The summed E-state index contributed by atoms with van der Waals surface area (Å²) in [6, 6.07) is 9.54. The maximum absolute atomic E-state index is 13.3.